The van der Waals surface area contributed by atoms with Gasteiger partial charge in [0.1, 0.15) is 23.9 Å². The molecule has 0 aromatic heterocycles. The predicted molar refractivity (Wildman–Crippen MR) is 130 cm³/mol. The van der Waals surface area contributed by atoms with Crippen molar-refractivity contribution in [2.75, 3.05) is 0 Å². The molecule has 4 aromatic carbocycles. The van der Waals surface area contributed by atoms with Crippen LogP contribution in [0.2, 0.25) is 0 Å². The Balaban J connectivity index is 1.26. The van der Waals surface area contributed by atoms with Gasteiger partial charge in [-0.2, -0.15) is 5.10 Å². The molecule has 1 amide bonds. The van der Waals surface area contributed by atoms with E-state index in [-0.39, 0.29) is 17.2 Å². The van der Waals surface area contributed by atoms with Crippen molar-refractivity contribution in [3.63, 3.8) is 0 Å². The first kappa shape index (κ1) is 23.4. The van der Waals surface area contributed by atoms with Crippen molar-refractivity contribution in [2.24, 2.45) is 5.10 Å². The maximum Gasteiger partial charge on any atom is 0.346 e. The van der Waals surface area contributed by atoms with E-state index >= 15 is 0 Å². The van der Waals surface area contributed by atoms with E-state index in [4.69, 9.17) is 9.47 Å². The highest BCUT2D eigenvalue weighted by Crippen LogP contribution is 2.16. The van der Waals surface area contributed by atoms with Crippen molar-refractivity contribution in [2.45, 2.75) is 6.61 Å². The topological polar surface area (TPSA) is 77.0 Å². The molecule has 7 heteroatoms. The van der Waals surface area contributed by atoms with E-state index in [0.29, 0.717) is 23.5 Å². The molecule has 35 heavy (non-hydrogen) atoms. The number of hydrogen-bond acceptors (Lipinski definition) is 5. The molecule has 0 aliphatic carbocycles. The molecule has 0 aliphatic heterocycles. The minimum Gasteiger partial charge on any atom is -0.489 e. The van der Waals surface area contributed by atoms with Gasteiger partial charge in [-0.05, 0) is 71.8 Å². The lowest BCUT2D eigenvalue weighted by Crippen LogP contribution is -2.17. The Morgan fingerprint density at radius 1 is 0.800 bits per heavy atom. The molecule has 1 N–H and O–H groups in total. The molecule has 0 unspecified atom stereocenters. The molecule has 4 aromatic rings. The third kappa shape index (κ3) is 6.61. The molecule has 6 nitrogen and oxygen atoms in total. The fourth-order valence-corrected chi connectivity index (χ4v) is 3.08. The molecule has 174 valence electrons. The van der Waals surface area contributed by atoms with Gasteiger partial charge < -0.3 is 9.47 Å². The zero-order chi connectivity index (χ0) is 24.5. The van der Waals surface area contributed by atoms with Crippen LogP contribution in [-0.4, -0.2) is 18.1 Å². The van der Waals surface area contributed by atoms with Crippen molar-refractivity contribution >= 4 is 18.1 Å². The summed E-state index contributed by atoms with van der Waals surface area (Å²) in [6.45, 7) is 0.442. The Hall–Kier alpha value is -4.78. The average molecular weight is 468 g/mol. The van der Waals surface area contributed by atoms with Crippen molar-refractivity contribution in [3.8, 4) is 11.5 Å². The van der Waals surface area contributed by atoms with Crippen LogP contribution in [0.5, 0.6) is 11.5 Å². The number of hydrazone groups is 1. The van der Waals surface area contributed by atoms with Gasteiger partial charge in [-0.25, -0.2) is 14.6 Å². The molecule has 0 heterocycles. The predicted octanol–water partition coefficient (Wildman–Crippen LogP) is 5.39. The number of carbonyl (C=O) groups is 2. The van der Waals surface area contributed by atoms with E-state index in [0.717, 1.165) is 5.56 Å². The molecule has 0 saturated carbocycles. The van der Waals surface area contributed by atoms with Gasteiger partial charge >= 0.3 is 5.97 Å². The van der Waals surface area contributed by atoms with Crippen LogP contribution in [0.25, 0.3) is 0 Å². The second kappa shape index (κ2) is 11.4. The fraction of sp³-hybridized carbons (Fsp3) is 0.0357. The lowest BCUT2D eigenvalue weighted by atomic mass is 10.2. The first-order valence-corrected chi connectivity index (χ1v) is 10.8. The highest BCUT2D eigenvalue weighted by Gasteiger charge is 2.13. The molecular weight excluding hydrogens is 447 g/mol. The van der Waals surface area contributed by atoms with Crippen LogP contribution in [-0.2, 0) is 6.61 Å². The van der Waals surface area contributed by atoms with E-state index < -0.39 is 11.8 Å². The highest BCUT2D eigenvalue weighted by molar-refractivity contribution is 5.95. The Kier molecular flexibility index (Phi) is 7.60. The summed E-state index contributed by atoms with van der Waals surface area (Å²) in [5.41, 5.74) is 4.48. The van der Waals surface area contributed by atoms with Gasteiger partial charge in [0.05, 0.1) is 11.8 Å². The standard InChI is InChI=1S/C28H21FN2O4/c29-26-9-5-4-8-25(26)28(33)35-24-14-10-20(11-15-24)18-30-31-27(32)22-12-16-23(17-13-22)34-19-21-6-2-1-3-7-21/h1-18H,19H2,(H,31,32)/b30-18+. The number of amides is 1. The lowest BCUT2D eigenvalue weighted by Gasteiger charge is -2.07. The number of benzene rings is 4. The number of halogens is 1. The summed E-state index contributed by atoms with van der Waals surface area (Å²) < 4.78 is 24.6. The van der Waals surface area contributed by atoms with Crippen molar-refractivity contribution in [3.05, 3.63) is 131 Å². The van der Waals surface area contributed by atoms with Crippen molar-refractivity contribution in [1.82, 2.24) is 5.43 Å². The monoisotopic (exact) mass is 468 g/mol. The van der Waals surface area contributed by atoms with Crippen LogP contribution in [0.4, 0.5) is 4.39 Å². The van der Waals surface area contributed by atoms with Gasteiger partial charge in [-0.3, -0.25) is 4.79 Å². The Bertz CT molecular complexity index is 1320. The number of nitrogens with zero attached hydrogens (tertiary/aromatic N) is 1. The van der Waals surface area contributed by atoms with Crippen molar-refractivity contribution < 1.29 is 23.5 Å². The van der Waals surface area contributed by atoms with Gasteiger partial charge in [0.25, 0.3) is 5.91 Å². The molecule has 0 bridgehead atoms. The summed E-state index contributed by atoms with van der Waals surface area (Å²) in [5, 5.41) is 3.95. The van der Waals surface area contributed by atoms with Crippen LogP contribution in [0, 0.1) is 5.82 Å². The molecule has 0 aliphatic rings. The van der Waals surface area contributed by atoms with E-state index in [1.807, 2.05) is 30.3 Å². The molecule has 0 saturated heterocycles. The summed E-state index contributed by atoms with van der Waals surface area (Å²) in [6, 6.07) is 28.6. The SMILES string of the molecule is O=C(N/N=C/c1ccc(OC(=O)c2ccccc2F)cc1)c1ccc(OCc2ccccc2)cc1. The largest absolute Gasteiger partial charge is 0.489 e. The maximum absolute atomic E-state index is 13.7. The van der Waals surface area contributed by atoms with Gasteiger partial charge in [0, 0.05) is 5.56 Å². The summed E-state index contributed by atoms with van der Waals surface area (Å²) in [6.07, 6.45) is 1.46. The second-order valence-electron chi connectivity index (χ2n) is 7.44. The number of ether oxygens (including phenoxy) is 2. The number of carbonyl (C=O) groups excluding carboxylic acids is 2. The van der Waals surface area contributed by atoms with E-state index in [9.17, 15) is 14.0 Å². The van der Waals surface area contributed by atoms with Crippen LogP contribution in [0.3, 0.4) is 0 Å². The number of rotatable bonds is 8. The minimum atomic E-state index is -0.784. The second-order valence-corrected chi connectivity index (χ2v) is 7.44. The fourth-order valence-electron chi connectivity index (χ4n) is 3.08. The van der Waals surface area contributed by atoms with Gasteiger partial charge in [0.15, 0.2) is 0 Å². The minimum absolute atomic E-state index is 0.142. The van der Waals surface area contributed by atoms with E-state index in [2.05, 4.69) is 10.5 Å². The van der Waals surface area contributed by atoms with Crippen LogP contribution in [0.15, 0.2) is 108 Å². The molecule has 0 radical (unpaired) electrons. The van der Waals surface area contributed by atoms with Gasteiger partial charge in [0.2, 0.25) is 0 Å². The Morgan fingerprint density at radius 2 is 1.46 bits per heavy atom. The van der Waals surface area contributed by atoms with Gasteiger partial charge in [-0.1, -0.05) is 42.5 Å². The molecule has 0 spiro atoms. The number of nitrogens with one attached hydrogen (secondary N) is 1. The van der Waals surface area contributed by atoms with Crippen LogP contribution in [0.1, 0.15) is 31.8 Å². The Morgan fingerprint density at radius 3 is 2.17 bits per heavy atom. The summed E-state index contributed by atoms with van der Waals surface area (Å²) in [5.74, 6) is -0.885. The number of esters is 1. The molecule has 0 fully saturated rings. The summed E-state index contributed by atoms with van der Waals surface area (Å²) >= 11 is 0. The Labute approximate surface area is 201 Å². The quantitative estimate of drug-likeness (QED) is 0.163. The first-order valence-electron chi connectivity index (χ1n) is 10.8. The third-order valence-electron chi connectivity index (χ3n) is 4.93. The third-order valence-corrected chi connectivity index (χ3v) is 4.93. The van der Waals surface area contributed by atoms with E-state index in [1.165, 1.54) is 24.4 Å². The zero-order valence-electron chi connectivity index (χ0n) is 18.6. The van der Waals surface area contributed by atoms with Crippen LogP contribution >= 0.6 is 0 Å². The van der Waals surface area contributed by atoms with Crippen molar-refractivity contribution in [1.29, 1.82) is 0 Å². The highest BCUT2D eigenvalue weighted by atomic mass is 19.1. The first-order chi connectivity index (χ1) is 17.1. The molecule has 4 rings (SSSR count). The van der Waals surface area contributed by atoms with Crippen LogP contribution < -0.4 is 14.9 Å². The molecule has 0 atom stereocenters. The lowest BCUT2D eigenvalue weighted by molar-refractivity contribution is 0.0729. The summed E-state index contributed by atoms with van der Waals surface area (Å²) in [4.78, 5) is 24.4. The normalized spacial score (nSPS) is 10.7. The zero-order valence-corrected chi connectivity index (χ0v) is 18.6. The molecular formula is C28H21FN2O4. The van der Waals surface area contributed by atoms with E-state index in [1.54, 1.807) is 54.6 Å². The summed E-state index contributed by atoms with van der Waals surface area (Å²) in [7, 11) is 0. The maximum atomic E-state index is 13.7. The smallest absolute Gasteiger partial charge is 0.346 e. The number of hydrogen-bond donors (Lipinski definition) is 1. The average Bonchev–Trinajstić information content (AvgIpc) is 2.89. The van der Waals surface area contributed by atoms with Gasteiger partial charge in [-0.15, -0.1) is 0 Å².